The van der Waals surface area contributed by atoms with Crippen LogP contribution in [-0.4, -0.2) is 17.7 Å². The molecule has 0 atom stereocenters. The van der Waals surface area contributed by atoms with Crippen molar-refractivity contribution in [2.75, 3.05) is 6.61 Å². The van der Waals surface area contributed by atoms with Gasteiger partial charge in [-0.05, 0) is 31.2 Å². The first-order valence-corrected chi connectivity index (χ1v) is 5.65. The molecule has 0 amide bonds. The summed E-state index contributed by atoms with van der Waals surface area (Å²) in [6.07, 6.45) is 1.29. The van der Waals surface area contributed by atoms with Crippen molar-refractivity contribution in [3.63, 3.8) is 0 Å². The Labute approximate surface area is 107 Å². The van der Waals surface area contributed by atoms with Gasteiger partial charge in [-0.1, -0.05) is 15.9 Å². The Bertz CT molecular complexity index is 503. The van der Waals surface area contributed by atoms with Gasteiger partial charge in [0.1, 0.15) is 17.4 Å². The summed E-state index contributed by atoms with van der Waals surface area (Å²) in [5.41, 5.74) is 0.226. The second-order valence-electron chi connectivity index (χ2n) is 3.09. The van der Waals surface area contributed by atoms with Crippen molar-refractivity contribution in [1.82, 2.24) is 0 Å². The molecular weight excluding hydrogens is 286 g/mol. The third kappa shape index (κ3) is 3.61. The lowest BCUT2D eigenvalue weighted by atomic mass is 10.1. The second-order valence-corrected chi connectivity index (χ2v) is 4.01. The predicted octanol–water partition coefficient (Wildman–Crippen LogP) is 2.62. The van der Waals surface area contributed by atoms with Crippen LogP contribution in [0.3, 0.4) is 0 Å². The number of hydrogen-bond donors (Lipinski definition) is 1. The number of phenolic OH excluding ortho intramolecular Hbond substituents is 1. The Morgan fingerprint density at radius 3 is 2.94 bits per heavy atom. The van der Waals surface area contributed by atoms with Crippen LogP contribution >= 0.6 is 15.9 Å². The SMILES string of the molecule is CCOC(=O)C(C#N)=Cc1cc(Br)ccc1O. The van der Waals surface area contributed by atoms with Crippen LogP contribution in [-0.2, 0) is 9.53 Å². The topological polar surface area (TPSA) is 70.3 Å². The molecule has 0 spiro atoms. The number of esters is 1. The summed E-state index contributed by atoms with van der Waals surface area (Å²) in [5.74, 6) is -0.709. The molecule has 0 aliphatic rings. The summed E-state index contributed by atoms with van der Waals surface area (Å²) in [4.78, 5) is 11.4. The average Bonchev–Trinajstić information content (AvgIpc) is 2.30. The fraction of sp³-hybridized carbons (Fsp3) is 0.167. The number of nitriles is 1. The summed E-state index contributed by atoms with van der Waals surface area (Å²) in [6, 6.07) is 6.47. The quantitative estimate of drug-likeness (QED) is 0.529. The largest absolute Gasteiger partial charge is 0.507 e. The molecule has 0 unspecified atom stereocenters. The summed E-state index contributed by atoms with van der Waals surface area (Å²) >= 11 is 3.24. The minimum Gasteiger partial charge on any atom is -0.507 e. The maximum atomic E-state index is 11.4. The highest BCUT2D eigenvalue weighted by molar-refractivity contribution is 9.10. The van der Waals surface area contributed by atoms with Gasteiger partial charge in [0.2, 0.25) is 0 Å². The van der Waals surface area contributed by atoms with E-state index < -0.39 is 5.97 Å². The first kappa shape index (κ1) is 13.3. The van der Waals surface area contributed by atoms with E-state index in [9.17, 15) is 9.90 Å². The predicted molar refractivity (Wildman–Crippen MR) is 66.0 cm³/mol. The van der Waals surface area contributed by atoms with Crippen molar-refractivity contribution in [3.05, 3.63) is 33.8 Å². The van der Waals surface area contributed by atoms with Gasteiger partial charge in [-0.3, -0.25) is 0 Å². The average molecular weight is 296 g/mol. The van der Waals surface area contributed by atoms with Crippen molar-refractivity contribution in [2.45, 2.75) is 6.92 Å². The van der Waals surface area contributed by atoms with E-state index in [1.165, 1.54) is 12.1 Å². The molecule has 0 heterocycles. The van der Waals surface area contributed by atoms with Crippen molar-refractivity contribution in [1.29, 1.82) is 5.26 Å². The molecule has 1 N–H and O–H groups in total. The number of carbonyl (C=O) groups excluding carboxylic acids is 1. The van der Waals surface area contributed by atoms with Gasteiger partial charge in [0.25, 0.3) is 0 Å². The molecule has 17 heavy (non-hydrogen) atoms. The van der Waals surface area contributed by atoms with Crippen LogP contribution in [0.25, 0.3) is 6.08 Å². The molecular formula is C12H10BrNO3. The van der Waals surface area contributed by atoms with Gasteiger partial charge in [-0.2, -0.15) is 5.26 Å². The van der Waals surface area contributed by atoms with Crippen LogP contribution in [0.5, 0.6) is 5.75 Å². The number of halogens is 1. The van der Waals surface area contributed by atoms with Crippen molar-refractivity contribution >= 4 is 28.0 Å². The highest BCUT2D eigenvalue weighted by Gasteiger charge is 2.11. The van der Waals surface area contributed by atoms with E-state index in [1.54, 1.807) is 25.1 Å². The van der Waals surface area contributed by atoms with E-state index >= 15 is 0 Å². The molecule has 1 aromatic carbocycles. The fourth-order valence-corrected chi connectivity index (χ4v) is 1.52. The second kappa shape index (κ2) is 6.06. The number of aromatic hydroxyl groups is 1. The van der Waals surface area contributed by atoms with Gasteiger partial charge in [-0.15, -0.1) is 0 Å². The molecule has 0 saturated heterocycles. The normalized spacial score (nSPS) is 10.8. The van der Waals surface area contributed by atoms with Gasteiger partial charge in [-0.25, -0.2) is 4.79 Å². The number of phenols is 1. The zero-order chi connectivity index (χ0) is 12.8. The molecule has 5 heteroatoms. The summed E-state index contributed by atoms with van der Waals surface area (Å²) in [7, 11) is 0. The number of nitrogens with zero attached hydrogens (tertiary/aromatic N) is 1. The Hall–Kier alpha value is -1.80. The van der Waals surface area contributed by atoms with E-state index in [2.05, 4.69) is 15.9 Å². The molecule has 0 saturated carbocycles. The summed E-state index contributed by atoms with van der Waals surface area (Å²) < 4.78 is 5.45. The Morgan fingerprint density at radius 1 is 1.65 bits per heavy atom. The van der Waals surface area contributed by atoms with Crippen LogP contribution in [0, 0.1) is 11.3 Å². The third-order valence-electron chi connectivity index (χ3n) is 1.91. The Kier molecular flexibility index (Phi) is 4.73. The van der Waals surface area contributed by atoms with Crippen LogP contribution in [0.1, 0.15) is 12.5 Å². The smallest absolute Gasteiger partial charge is 0.348 e. The summed E-state index contributed by atoms with van der Waals surface area (Å²) in [6.45, 7) is 1.85. The number of rotatable bonds is 3. The minimum atomic E-state index is -0.700. The minimum absolute atomic E-state index is 0.00903. The Balaban J connectivity index is 3.11. The van der Waals surface area contributed by atoms with Crippen LogP contribution in [0.4, 0.5) is 0 Å². The van der Waals surface area contributed by atoms with Gasteiger partial charge in [0.15, 0.2) is 0 Å². The van der Waals surface area contributed by atoms with E-state index in [1.807, 2.05) is 0 Å². The van der Waals surface area contributed by atoms with Crippen molar-refractivity contribution < 1.29 is 14.6 Å². The molecule has 0 fully saturated rings. The van der Waals surface area contributed by atoms with Crippen molar-refractivity contribution in [3.8, 4) is 11.8 Å². The monoisotopic (exact) mass is 295 g/mol. The van der Waals surface area contributed by atoms with E-state index in [0.717, 1.165) is 4.47 Å². The van der Waals surface area contributed by atoms with Crippen LogP contribution < -0.4 is 0 Å². The first-order chi connectivity index (χ1) is 8.08. The molecule has 0 bridgehead atoms. The van der Waals surface area contributed by atoms with Crippen LogP contribution in [0.2, 0.25) is 0 Å². The molecule has 1 aromatic rings. The lowest BCUT2D eigenvalue weighted by Gasteiger charge is -2.02. The standard InChI is InChI=1S/C12H10BrNO3/c1-2-17-12(16)9(7-14)5-8-6-10(13)3-4-11(8)15/h3-6,15H,2H2,1H3. The van der Waals surface area contributed by atoms with Gasteiger partial charge < -0.3 is 9.84 Å². The maximum Gasteiger partial charge on any atom is 0.348 e. The molecule has 0 radical (unpaired) electrons. The highest BCUT2D eigenvalue weighted by atomic mass is 79.9. The van der Waals surface area contributed by atoms with E-state index in [4.69, 9.17) is 10.00 Å². The van der Waals surface area contributed by atoms with Gasteiger partial charge in [0, 0.05) is 10.0 Å². The molecule has 0 aromatic heterocycles. The molecule has 88 valence electrons. The number of hydrogen-bond acceptors (Lipinski definition) is 4. The number of ether oxygens (including phenoxy) is 1. The molecule has 0 aliphatic heterocycles. The first-order valence-electron chi connectivity index (χ1n) is 4.86. The zero-order valence-corrected chi connectivity index (χ0v) is 10.7. The Morgan fingerprint density at radius 2 is 2.35 bits per heavy atom. The highest BCUT2D eigenvalue weighted by Crippen LogP contribution is 2.24. The molecule has 1 rings (SSSR count). The maximum absolute atomic E-state index is 11.4. The lowest BCUT2D eigenvalue weighted by molar-refractivity contribution is -0.137. The molecule has 4 nitrogen and oxygen atoms in total. The molecule has 0 aliphatic carbocycles. The zero-order valence-electron chi connectivity index (χ0n) is 9.11. The number of carbonyl (C=O) groups is 1. The van der Waals surface area contributed by atoms with Crippen LogP contribution in [0.15, 0.2) is 28.2 Å². The van der Waals surface area contributed by atoms with E-state index in [0.29, 0.717) is 5.56 Å². The van der Waals surface area contributed by atoms with Gasteiger partial charge >= 0.3 is 5.97 Å². The fourth-order valence-electron chi connectivity index (χ4n) is 1.14. The van der Waals surface area contributed by atoms with E-state index in [-0.39, 0.29) is 17.9 Å². The lowest BCUT2D eigenvalue weighted by Crippen LogP contribution is -2.05. The number of benzene rings is 1. The van der Waals surface area contributed by atoms with Crippen molar-refractivity contribution in [2.24, 2.45) is 0 Å². The third-order valence-corrected chi connectivity index (χ3v) is 2.40. The van der Waals surface area contributed by atoms with Gasteiger partial charge in [0.05, 0.1) is 6.61 Å². The summed E-state index contributed by atoms with van der Waals surface area (Å²) in [5, 5.41) is 18.4.